The van der Waals surface area contributed by atoms with E-state index in [0.717, 1.165) is 5.92 Å². The fourth-order valence-electron chi connectivity index (χ4n) is 8.76. The van der Waals surface area contributed by atoms with Gasteiger partial charge in [-0.2, -0.15) is 0 Å². The number of thiophene rings is 1. The molecule has 5 aromatic rings. The second-order valence-corrected chi connectivity index (χ2v) is 13.8. The summed E-state index contributed by atoms with van der Waals surface area (Å²) in [7, 11) is 0. The van der Waals surface area contributed by atoms with Gasteiger partial charge >= 0.3 is 0 Å². The molecule has 2 aliphatic heterocycles. The van der Waals surface area contributed by atoms with Gasteiger partial charge < -0.3 is 4.90 Å². The fourth-order valence-corrected chi connectivity index (χ4v) is 9.89. The Kier molecular flexibility index (Phi) is 5.89. The van der Waals surface area contributed by atoms with E-state index in [1.807, 2.05) is 11.3 Å². The van der Waals surface area contributed by atoms with E-state index in [-0.39, 0.29) is 6.71 Å². The lowest BCUT2D eigenvalue weighted by Gasteiger charge is -2.51. The third kappa shape index (κ3) is 3.53. The molecule has 3 heteroatoms. The van der Waals surface area contributed by atoms with Crippen LogP contribution in [-0.2, 0) is 6.42 Å². The summed E-state index contributed by atoms with van der Waals surface area (Å²) in [6.45, 7) is 7.44. The van der Waals surface area contributed by atoms with Crippen LogP contribution in [0.3, 0.4) is 0 Å². The molecule has 0 radical (unpaired) electrons. The van der Waals surface area contributed by atoms with Crippen molar-refractivity contribution in [2.24, 2.45) is 5.92 Å². The van der Waals surface area contributed by atoms with E-state index < -0.39 is 0 Å². The number of anilines is 2. The predicted molar refractivity (Wildman–Crippen MR) is 177 cm³/mol. The standard InChI is InChI=1S/C37H38BNS/c1-4-11-23(2)34-28(20-21-33-35(34)27-15-6-8-19-32(27)40-33)38-29-16-10-14-26-22-25-13-5-7-17-30(25)39(37(26)29)31-18-9-12-24(3)36(31)38/h6,8-10,12,14-16,18-21,23,25,30H,4-5,7,11,13,17,22H2,1-3H3. The van der Waals surface area contributed by atoms with Gasteiger partial charge in [-0.05, 0) is 84.7 Å². The molecule has 3 aliphatic rings. The van der Waals surface area contributed by atoms with Crippen LogP contribution < -0.4 is 21.3 Å². The highest BCUT2D eigenvalue weighted by molar-refractivity contribution is 7.26. The molecule has 40 heavy (non-hydrogen) atoms. The Bertz CT molecular complexity index is 1770. The second-order valence-electron chi connectivity index (χ2n) is 12.7. The highest BCUT2D eigenvalue weighted by Crippen LogP contribution is 2.46. The molecule has 8 rings (SSSR count). The Hall–Kier alpha value is -3.04. The molecule has 3 atom stereocenters. The van der Waals surface area contributed by atoms with Gasteiger partial charge in [0.05, 0.1) is 0 Å². The summed E-state index contributed by atoms with van der Waals surface area (Å²) in [4.78, 5) is 2.82. The van der Waals surface area contributed by atoms with Crippen LogP contribution in [0.4, 0.5) is 11.4 Å². The maximum Gasteiger partial charge on any atom is 0.247 e. The average molecular weight is 540 g/mol. The van der Waals surface area contributed by atoms with Crippen LogP contribution in [-0.4, -0.2) is 12.8 Å². The monoisotopic (exact) mass is 539 g/mol. The number of fused-ring (bicyclic) bond motifs is 7. The quantitative estimate of drug-likeness (QED) is 0.208. The van der Waals surface area contributed by atoms with Gasteiger partial charge in [0.2, 0.25) is 6.71 Å². The molecule has 200 valence electrons. The van der Waals surface area contributed by atoms with Crippen LogP contribution in [0.1, 0.15) is 75.0 Å². The predicted octanol–water partition coefficient (Wildman–Crippen LogP) is 8.35. The summed E-state index contributed by atoms with van der Waals surface area (Å²) in [6, 6.07) is 29.0. The van der Waals surface area contributed by atoms with Crippen molar-refractivity contribution in [1.82, 2.24) is 0 Å². The fraction of sp³-hybridized carbons (Fsp3) is 0.351. The molecule has 0 spiro atoms. The first-order valence-corrected chi connectivity index (χ1v) is 16.4. The van der Waals surface area contributed by atoms with E-state index in [1.165, 1.54) is 93.0 Å². The van der Waals surface area contributed by atoms with Gasteiger partial charge in [-0.15, -0.1) is 11.3 Å². The first kappa shape index (κ1) is 24.7. The van der Waals surface area contributed by atoms with Gasteiger partial charge in [-0.25, -0.2) is 0 Å². The van der Waals surface area contributed by atoms with Crippen LogP contribution in [0.5, 0.6) is 0 Å². The lowest BCUT2D eigenvalue weighted by Crippen LogP contribution is -2.62. The van der Waals surface area contributed by atoms with Crippen LogP contribution in [0, 0.1) is 12.8 Å². The van der Waals surface area contributed by atoms with Crippen LogP contribution >= 0.6 is 11.3 Å². The topological polar surface area (TPSA) is 3.24 Å². The van der Waals surface area contributed by atoms with Crippen LogP contribution in [0.25, 0.3) is 20.2 Å². The molecular formula is C37H38BNS. The minimum absolute atomic E-state index is 0.264. The maximum absolute atomic E-state index is 2.82. The van der Waals surface area contributed by atoms with Crippen molar-refractivity contribution in [3.63, 3.8) is 0 Å². The largest absolute Gasteiger partial charge is 0.339 e. The van der Waals surface area contributed by atoms with Crippen molar-refractivity contribution in [3.8, 4) is 0 Å². The van der Waals surface area contributed by atoms with Crippen LogP contribution in [0.15, 0.2) is 72.8 Å². The molecule has 0 N–H and O–H groups in total. The number of rotatable bonds is 4. The molecule has 1 fully saturated rings. The minimum atomic E-state index is 0.264. The summed E-state index contributed by atoms with van der Waals surface area (Å²) in [5, 5.41) is 2.94. The number of hydrogen-bond acceptors (Lipinski definition) is 2. The molecule has 3 unspecified atom stereocenters. The van der Waals surface area contributed by atoms with Crippen molar-refractivity contribution < 1.29 is 0 Å². The number of benzene rings is 4. The SMILES string of the molecule is CCCC(C)c1c(B2c3cccc4c3N(c3cccc(C)c32)C2CCCCC2C4)ccc2sc3ccccc3c12. The third-order valence-electron chi connectivity index (χ3n) is 10.4. The number of para-hydroxylation sites is 1. The van der Waals surface area contributed by atoms with E-state index >= 15 is 0 Å². The highest BCUT2D eigenvalue weighted by atomic mass is 32.1. The number of hydrogen-bond donors (Lipinski definition) is 0. The van der Waals surface area contributed by atoms with Gasteiger partial charge in [-0.1, -0.05) is 98.7 Å². The normalized spacial score (nSPS) is 20.4. The molecule has 1 nitrogen and oxygen atoms in total. The lowest BCUT2D eigenvalue weighted by molar-refractivity contribution is 0.294. The first-order valence-electron chi connectivity index (χ1n) is 15.6. The maximum atomic E-state index is 2.82. The molecule has 4 aromatic carbocycles. The van der Waals surface area contributed by atoms with Crippen molar-refractivity contribution in [3.05, 3.63) is 89.5 Å². The van der Waals surface area contributed by atoms with E-state index in [9.17, 15) is 0 Å². The smallest absolute Gasteiger partial charge is 0.247 e. The number of nitrogens with zero attached hydrogens (tertiary/aromatic N) is 1. The Morgan fingerprint density at radius 1 is 0.900 bits per heavy atom. The molecule has 0 amide bonds. The minimum Gasteiger partial charge on any atom is -0.339 e. The molecule has 0 saturated heterocycles. The van der Waals surface area contributed by atoms with Gasteiger partial charge in [-0.3, -0.25) is 0 Å². The van der Waals surface area contributed by atoms with E-state index in [1.54, 1.807) is 16.6 Å². The lowest BCUT2D eigenvalue weighted by atomic mass is 9.33. The molecule has 3 heterocycles. The summed E-state index contributed by atoms with van der Waals surface area (Å²) in [5.41, 5.74) is 12.2. The van der Waals surface area contributed by atoms with Crippen LogP contribution in [0.2, 0.25) is 0 Å². The Morgan fingerprint density at radius 3 is 2.65 bits per heavy atom. The Morgan fingerprint density at radius 2 is 1.75 bits per heavy atom. The van der Waals surface area contributed by atoms with Gasteiger partial charge in [0.25, 0.3) is 0 Å². The third-order valence-corrected chi connectivity index (χ3v) is 11.5. The van der Waals surface area contributed by atoms with E-state index in [0.29, 0.717) is 12.0 Å². The van der Waals surface area contributed by atoms with Gasteiger partial charge in [0, 0.05) is 37.6 Å². The second kappa shape index (κ2) is 9.52. The Labute approximate surface area is 243 Å². The molecular weight excluding hydrogens is 501 g/mol. The van der Waals surface area contributed by atoms with Crippen molar-refractivity contribution in [2.75, 3.05) is 4.90 Å². The van der Waals surface area contributed by atoms with Gasteiger partial charge in [0.1, 0.15) is 0 Å². The summed E-state index contributed by atoms with van der Waals surface area (Å²) in [5.74, 6) is 1.28. The van der Waals surface area contributed by atoms with Crippen molar-refractivity contribution >= 4 is 66.0 Å². The van der Waals surface area contributed by atoms with Crippen molar-refractivity contribution in [1.29, 1.82) is 0 Å². The summed E-state index contributed by atoms with van der Waals surface area (Å²) >= 11 is 1.96. The summed E-state index contributed by atoms with van der Waals surface area (Å²) in [6.07, 6.45) is 9.11. The van der Waals surface area contributed by atoms with E-state index in [2.05, 4.69) is 98.5 Å². The summed E-state index contributed by atoms with van der Waals surface area (Å²) < 4.78 is 2.84. The highest BCUT2D eigenvalue weighted by Gasteiger charge is 2.45. The molecule has 0 bridgehead atoms. The Balaban J connectivity index is 1.45. The zero-order valence-electron chi connectivity index (χ0n) is 24.0. The molecule has 1 aromatic heterocycles. The first-order chi connectivity index (χ1) is 19.7. The van der Waals surface area contributed by atoms with Crippen molar-refractivity contribution in [2.45, 2.75) is 77.7 Å². The molecule has 1 aliphatic carbocycles. The average Bonchev–Trinajstić information content (AvgIpc) is 3.36. The molecule has 1 saturated carbocycles. The zero-order valence-corrected chi connectivity index (χ0v) is 24.9. The zero-order chi connectivity index (χ0) is 27.0. The number of aryl methyl sites for hydroxylation is 1. The van der Waals surface area contributed by atoms with Gasteiger partial charge in [0.15, 0.2) is 0 Å². The van der Waals surface area contributed by atoms with E-state index in [4.69, 9.17) is 0 Å².